The van der Waals surface area contributed by atoms with E-state index >= 15 is 0 Å². The number of carbonyl (C=O) groups is 1. The Labute approximate surface area is 144 Å². The molecule has 0 unspecified atom stereocenters. The Morgan fingerprint density at radius 2 is 2.22 bits per heavy atom. The molecule has 1 fully saturated rings. The minimum Gasteiger partial charge on any atom is -0.337 e. The number of hydrogen-bond acceptors (Lipinski definition) is 3. The molecule has 1 saturated heterocycles. The molecule has 118 valence electrons. The van der Waals surface area contributed by atoms with E-state index in [4.69, 9.17) is 23.8 Å². The van der Waals surface area contributed by atoms with E-state index in [-0.39, 0.29) is 5.91 Å². The van der Waals surface area contributed by atoms with Crippen LogP contribution in [0, 0.1) is 0 Å². The van der Waals surface area contributed by atoms with Gasteiger partial charge >= 0.3 is 0 Å². The van der Waals surface area contributed by atoms with Gasteiger partial charge in [-0.05, 0) is 42.4 Å². The highest BCUT2D eigenvalue weighted by atomic mass is 35.5. The molecule has 5 nitrogen and oxygen atoms in total. The maximum atomic E-state index is 12.5. The average molecular weight is 347 g/mol. The second kappa shape index (κ2) is 6.93. The molecule has 0 radical (unpaired) electrons. The number of hydrogen-bond donors (Lipinski definition) is 1. The molecular weight excluding hydrogens is 332 g/mol. The highest BCUT2D eigenvalue weighted by Crippen LogP contribution is 2.17. The summed E-state index contributed by atoms with van der Waals surface area (Å²) in [6.07, 6.45) is 7.95. The standard InChI is InChI=1S/C16H15ClN4OS/c17-13-4-1-3-12(9-13)10-14-15(22)21(16(23)19-14)7-2-6-20-8-5-18-11-20/h1,3-5,8-11H,2,6-7H2,(H,19,23). The summed E-state index contributed by atoms with van der Waals surface area (Å²) in [5.41, 5.74) is 1.33. The number of thiocarbonyl (C=S) groups is 1. The smallest absolute Gasteiger partial charge is 0.276 e. The number of halogens is 1. The van der Waals surface area contributed by atoms with Crippen LogP contribution in [0.5, 0.6) is 0 Å². The monoisotopic (exact) mass is 346 g/mol. The third-order valence-electron chi connectivity index (χ3n) is 3.48. The van der Waals surface area contributed by atoms with Crippen LogP contribution in [0.1, 0.15) is 12.0 Å². The summed E-state index contributed by atoms with van der Waals surface area (Å²) < 4.78 is 1.97. The van der Waals surface area contributed by atoms with Crippen LogP contribution < -0.4 is 5.32 Å². The van der Waals surface area contributed by atoms with E-state index < -0.39 is 0 Å². The molecule has 1 aromatic heterocycles. The summed E-state index contributed by atoms with van der Waals surface area (Å²) in [5.74, 6) is -0.111. The average Bonchev–Trinajstić information content (AvgIpc) is 3.11. The van der Waals surface area contributed by atoms with Gasteiger partial charge in [-0.1, -0.05) is 23.7 Å². The number of nitrogens with one attached hydrogen (secondary N) is 1. The zero-order valence-corrected chi connectivity index (χ0v) is 13.8. The first-order valence-corrected chi connectivity index (χ1v) is 7.98. The lowest BCUT2D eigenvalue weighted by Crippen LogP contribution is -2.32. The number of nitrogens with zero attached hydrogens (tertiary/aromatic N) is 3. The summed E-state index contributed by atoms with van der Waals surface area (Å²) in [6, 6.07) is 7.32. The van der Waals surface area contributed by atoms with Gasteiger partial charge in [-0.25, -0.2) is 4.98 Å². The number of aromatic nitrogens is 2. The van der Waals surface area contributed by atoms with Crippen LogP contribution in [0.2, 0.25) is 5.02 Å². The molecule has 0 saturated carbocycles. The Morgan fingerprint density at radius 1 is 1.35 bits per heavy atom. The number of carbonyl (C=O) groups excluding carboxylic acids is 1. The van der Waals surface area contributed by atoms with Gasteiger partial charge in [0, 0.05) is 30.5 Å². The first-order valence-electron chi connectivity index (χ1n) is 7.19. The Kier molecular flexibility index (Phi) is 4.73. The molecule has 2 aromatic rings. The summed E-state index contributed by atoms with van der Waals surface area (Å²) >= 11 is 11.2. The first-order chi connectivity index (χ1) is 11.1. The third kappa shape index (κ3) is 3.78. The van der Waals surface area contributed by atoms with E-state index in [1.807, 2.05) is 22.9 Å². The van der Waals surface area contributed by atoms with E-state index in [9.17, 15) is 4.79 Å². The second-order valence-corrected chi connectivity index (χ2v) is 5.98. The van der Waals surface area contributed by atoms with E-state index in [1.165, 1.54) is 0 Å². The van der Waals surface area contributed by atoms with Crippen LogP contribution in [0.3, 0.4) is 0 Å². The van der Waals surface area contributed by atoms with Crippen LogP contribution in [0.15, 0.2) is 48.7 Å². The fraction of sp³-hybridized carbons (Fsp3) is 0.188. The quantitative estimate of drug-likeness (QED) is 0.668. The molecule has 2 heterocycles. The largest absolute Gasteiger partial charge is 0.337 e. The van der Waals surface area contributed by atoms with E-state index in [0.717, 1.165) is 18.5 Å². The lowest BCUT2D eigenvalue weighted by molar-refractivity contribution is -0.122. The van der Waals surface area contributed by atoms with Gasteiger partial charge in [-0.2, -0.15) is 0 Å². The van der Waals surface area contributed by atoms with Gasteiger partial charge in [-0.3, -0.25) is 9.69 Å². The molecule has 0 atom stereocenters. The maximum absolute atomic E-state index is 12.5. The van der Waals surface area contributed by atoms with Gasteiger partial charge in [0.05, 0.1) is 6.33 Å². The van der Waals surface area contributed by atoms with Crippen LogP contribution >= 0.6 is 23.8 Å². The van der Waals surface area contributed by atoms with E-state index in [2.05, 4.69) is 10.3 Å². The van der Waals surface area contributed by atoms with E-state index in [1.54, 1.807) is 35.6 Å². The molecule has 1 N–H and O–H groups in total. The molecule has 0 bridgehead atoms. The molecule has 7 heteroatoms. The minimum atomic E-state index is -0.111. The third-order valence-corrected chi connectivity index (χ3v) is 4.04. The zero-order valence-electron chi connectivity index (χ0n) is 12.3. The van der Waals surface area contributed by atoms with E-state index in [0.29, 0.717) is 22.4 Å². The van der Waals surface area contributed by atoms with Gasteiger partial charge in [0.15, 0.2) is 5.11 Å². The number of imidazole rings is 1. The van der Waals surface area contributed by atoms with Gasteiger partial charge in [0.25, 0.3) is 5.91 Å². The van der Waals surface area contributed by atoms with Crippen LogP contribution in [0.4, 0.5) is 0 Å². The minimum absolute atomic E-state index is 0.111. The molecule has 1 aliphatic rings. The topological polar surface area (TPSA) is 50.2 Å². The summed E-state index contributed by atoms with van der Waals surface area (Å²) in [7, 11) is 0. The second-order valence-electron chi connectivity index (χ2n) is 5.15. The van der Waals surface area contributed by atoms with Gasteiger partial charge < -0.3 is 9.88 Å². The molecule has 23 heavy (non-hydrogen) atoms. The normalized spacial score (nSPS) is 16.2. The zero-order chi connectivity index (χ0) is 16.2. The summed E-state index contributed by atoms with van der Waals surface area (Å²) in [4.78, 5) is 18.0. The fourth-order valence-electron chi connectivity index (χ4n) is 2.37. The molecule has 3 rings (SSSR count). The van der Waals surface area contributed by atoms with Crippen molar-refractivity contribution in [2.45, 2.75) is 13.0 Å². The molecule has 0 aliphatic carbocycles. The molecule has 0 spiro atoms. The fourth-order valence-corrected chi connectivity index (χ4v) is 2.85. The Morgan fingerprint density at radius 3 is 2.96 bits per heavy atom. The van der Waals surface area contributed by atoms with Crippen molar-refractivity contribution in [3.8, 4) is 0 Å². The number of benzene rings is 1. The molecular formula is C16H15ClN4OS. The Bertz CT molecular complexity index is 757. The number of rotatable bonds is 5. The van der Waals surface area contributed by atoms with Crippen LogP contribution in [-0.2, 0) is 11.3 Å². The van der Waals surface area contributed by atoms with Crippen molar-refractivity contribution < 1.29 is 4.79 Å². The van der Waals surface area contributed by atoms with Gasteiger partial charge in [-0.15, -0.1) is 0 Å². The molecule has 1 amide bonds. The van der Waals surface area contributed by atoms with Crippen molar-refractivity contribution in [3.05, 3.63) is 59.3 Å². The van der Waals surface area contributed by atoms with Crippen molar-refractivity contribution in [3.63, 3.8) is 0 Å². The maximum Gasteiger partial charge on any atom is 0.276 e. The van der Waals surface area contributed by atoms with Crippen LogP contribution in [-0.4, -0.2) is 32.0 Å². The van der Waals surface area contributed by atoms with Crippen molar-refractivity contribution in [1.82, 2.24) is 19.8 Å². The first kappa shape index (κ1) is 15.7. The SMILES string of the molecule is O=C1C(=Cc2cccc(Cl)c2)NC(=S)N1CCCn1ccnc1. The molecule has 1 aromatic carbocycles. The van der Waals surface area contributed by atoms with Gasteiger partial charge in [0.2, 0.25) is 0 Å². The van der Waals surface area contributed by atoms with Gasteiger partial charge in [0.1, 0.15) is 5.70 Å². The highest BCUT2D eigenvalue weighted by Gasteiger charge is 2.29. The lowest BCUT2D eigenvalue weighted by atomic mass is 10.2. The summed E-state index contributed by atoms with van der Waals surface area (Å²) in [5, 5.41) is 4.04. The molecule has 1 aliphatic heterocycles. The predicted octanol–water partition coefficient (Wildman–Crippen LogP) is 2.68. The lowest BCUT2D eigenvalue weighted by Gasteiger charge is -2.13. The highest BCUT2D eigenvalue weighted by molar-refractivity contribution is 7.80. The Balaban J connectivity index is 1.65. The van der Waals surface area contributed by atoms with Crippen LogP contribution in [0.25, 0.3) is 6.08 Å². The van der Waals surface area contributed by atoms with Crippen molar-refractivity contribution in [2.75, 3.05) is 6.54 Å². The van der Waals surface area contributed by atoms with Crippen molar-refractivity contribution >= 4 is 40.9 Å². The predicted molar refractivity (Wildman–Crippen MR) is 93.7 cm³/mol. The van der Waals surface area contributed by atoms with Crippen molar-refractivity contribution in [1.29, 1.82) is 0 Å². The van der Waals surface area contributed by atoms with Crippen molar-refractivity contribution in [2.24, 2.45) is 0 Å². The summed E-state index contributed by atoms with van der Waals surface area (Å²) in [6.45, 7) is 1.36. The number of aryl methyl sites for hydroxylation is 1. The number of amides is 1. The Hall–Kier alpha value is -2.18.